The Bertz CT molecular complexity index is 546. The minimum atomic E-state index is -1.75. The molecule has 4 nitrogen and oxygen atoms in total. The van der Waals surface area contributed by atoms with Crippen molar-refractivity contribution in [2.45, 2.75) is 250 Å². The lowest BCUT2D eigenvalue weighted by molar-refractivity contribution is -0.158. The van der Waals surface area contributed by atoms with Crippen LogP contribution in [0.2, 0.25) is 0 Å². The maximum absolute atomic E-state index is 11.3. The second-order valence-electron chi connectivity index (χ2n) is 14.3. The zero-order valence-electron chi connectivity index (χ0n) is 29.4. The van der Waals surface area contributed by atoms with E-state index in [0.29, 0.717) is 12.8 Å². The van der Waals surface area contributed by atoms with Gasteiger partial charge in [0.05, 0.1) is 0 Å². The van der Waals surface area contributed by atoms with Crippen molar-refractivity contribution in [3.8, 4) is 0 Å². The van der Waals surface area contributed by atoms with Gasteiger partial charge in [-0.3, -0.25) is 0 Å². The van der Waals surface area contributed by atoms with Gasteiger partial charge in [0.1, 0.15) is 5.60 Å². The molecule has 3 N–H and O–H groups in total. The summed E-state index contributed by atoms with van der Waals surface area (Å²) in [6.07, 6.45) is 42.0. The van der Waals surface area contributed by atoms with Gasteiger partial charge in [0.25, 0.3) is 0 Å². The Kier molecular flexibility index (Phi) is 26.7. The molecule has 0 aromatic rings. The summed E-state index contributed by atoms with van der Waals surface area (Å²) in [5.41, 5.74) is -1.32. The Labute approximate surface area is 269 Å². The lowest BCUT2D eigenvalue weighted by Gasteiger charge is -2.31. The Morgan fingerprint density at radius 1 is 0.419 bits per heavy atom. The molecule has 1 aliphatic heterocycles. The van der Waals surface area contributed by atoms with E-state index in [-0.39, 0.29) is 0 Å². The van der Waals surface area contributed by atoms with E-state index in [2.05, 4.69) is 13.8 Å². The fourth-order valence-electron chi connectivity index (χ4n) is 6.89. The molecule has 0 bridgehead atoms. The molecule has 0 radical (unpaired) electrons. The SMILES string of the molecule is CCCCCCCCCCCCCCCCCCC(O)(CCCCCCCCCCCCCCCCCC)C1(O)OC1O. The summed E-state index contributed by atoms with van der Waals surface area (Å²) >= 11 is 0. The summed E-state index contributed by atoms with van der Waals surface area (Å²) in [7, 11) is 0. The Hall–Kier alpha value is -0.160. The second-order valence-corrected chi connectivity index (χ2v) is 14.3. The van der Waals surface area contributed by atoms with Crippen molar-refractivity contribution in [3.63, 3.8) is 0 Å². The Balaban J connectivity index is 1.97. The quantitative estimate of drug-likeness (QED) is 0.0493. The number of aliphatic hydroxyl groups excluding tert-OH is 1. The van der Waals surface area contributed by atoms with Crippen molar-refractivity contribution >= 4 is 0 Å². The lowest BCUT2D eigenvalue weighted by atomic mass is 9.84. The van der Waals surface area contributed by atoms with E-state index in [1.165, 1.54) is 180 Å². The van der Waals surface area contributed by atoms with Gasteiger partial charge < -0.3 is 20.1 Å². The highest BCUT2D eigenvalue weighted by molar-refractivity contribution is 5.03. The smallest absolute Gasteiger partial charge is 0.250 e. The maximum Gasteiger partial charge on any atom is 0.250 e. The molecular formula is C39H78O4. The predicted octanol–water partition coefficient (Wildman–Crippen LogP) is 12.1. The van der Waals surface area contributed by atoms with E-state index < -0.39 is 17.7 Å². The summed E-state index contributed by atoms with van der Waals surface area (Å²) in [4.78, 5) is 0. The Morgan fingerprint density at radius 2 is 0.605 bits per heavy atom. The summed E-state index contributed by atoms with van der Waals surface area (Å²) in [5.74, 6) is -1.75. The van der Waals surface area contributed by atoms with Crippen molar-refractivity contribution < 1.29 is 20.1 Å². The van der Waals surface area contributed by atoms with Crippen LogP contribution >= 0.6 is 0 Å². The number of hydrogen-bond acceptors (Lipinski definition) is 4. The molecule has 1 saturated heterocycles. The first-order chi connectivity index (χ1) is 21.0. The molecule has 0 aliphatic carbocycles. The van der Waals surface area contributed by atoms with E-state index >= 15 is 0 Å². The first-order valence-electron chi connectivity index (χ1n) is 19.8. The largest absolute Gasteiger partial charge is 0.384 e. The molecule has 0 amide bonds. The molecule has 258 valence electrons. The molecule has 0 saturated carbocycles. The van der Waals surface area contributed by atoms with Gasteiger partial charge in [-0.1, -0.05) is 219 Å². The van der Waals surface area contributed by atoms with Crippen molar-refractivity contribution in [3.05, 3.63) is 0 Å². The van der Waals surface area contributed by atoms with E-state index in [1.807, 2.05) is 0 Å². The molecule has 43 heavy (non-hydrogen) atoms. The summed E-state index contributed by atoms with van der Waals surface area (Å²) in [6.45, 7) is 4.56. The topological polar surface area (TPSA) is 73.2 Å². The van der Waals surface area contributed by atoms with Crippen molar-refractivity contribution in [2.75, 3.05) is 0 Å². The Morgan fingerprint density at radius 3 is 0.791 bits per heavy atom. The van der Waals surface area contributed by atoms with Crippen molar-refractivity contribution in [1.29, 1.82) is 0 Å². The van der Waals surface area contributed by atoms with Gasteiger partial charge in [0, 0.05) is 0 Å². The van der Waals surface area contributed by atoms with Crippen LogP contribution in [0, 0.1) is 0 Å². The van der Waals surface area contributed by atoms with Crippen molar-refractivity contribution in [2.24, 2.45) is 0 Å². The standard InChI is InChI=1S/C39H78O4/c1-3-5-7-9-11-13-15-17-19-21-23-25-27-29-31-33-35-38(41,39(42)37(40)43-39)36-34-32-30-28-26-24-22-20-18-16-14-12-10-8-6-4-2/h37,40-42H,3-36H2,1-2H3. The van der Waals surface area contributed by atoms with E-state index in [4.69, 9.17) is 4.74 Å². The van der Waals surface area contributed by atoms with Gasteiger partial charge >= 0.3 is 0 Å². The lowest BCUT2D eigenvalue weighted by Crippen LogP contribution is -2.47. The van der Waals surface area contributed by atoms with Gasteiger partial charge in [-0.05, 0) is 12.8 Å². The average Bonchev–Trinajstić information content (AvgIpc) is 3.64. The van der Waals surface area contributed by atoms with Crippen LogP contribution in [0.5, 0.6) is 0 Å². The van der Waals surface area contributed by atoms with Gasteiger partial charge in [0.2, 0.25) is 12.1 Å². The van der Waals surface area contributed by atoms with Crippen LogP contribution in [0.3, 0.4) is 0 Å². The van der Waals surface area contributed by atoms with Crippen LogP contribution in [0.4, 0.5) is 0 Å². The number of hydrogen-bond donors (Lipinski definition) is 3. The van der Waals surface area contributed by atoms with Crippen LogP contribution in [0.25, 0.3) is 0 Å². The maximum atomic E-state index is 11.3. The molecule has 0 spiro atoms. The van der Waals surface area contributed by atoms with Crippen molar-refractivity contribution in [1.82, 2.24) is 0 Å². The van der Waals surface area contributed by atoms with E-state index in [9.17, 15) is 15.3 Å². The van der Waals surface area contributed by atoms with E-state index in [0.717, 1.165) is 25.7 Å². The predicted molar refractivity (Wildman–Crippen MR) is 185 cm³/mol. The zero-order valence-corrected chi connectivity index (χ0v) is 29.4. The summed E-state index contributed by atoms with van der Waals surface area (Å²) < 4.78 is 5.09. The molecule has 1 fully saturated rings. The highest BCUT2D eigenvalue weighted by Gasteiger charge is 2.67. The van der Waals surface area contributed by atoms with Crippen LogP contribution in [-0.4, -0.2) is 33.0 Å². The van der Waals surface area contributed by atoms with Crippen LogP contribution in [0.1, 0.15) is 232 Å². The molecule has 1 aliphatic rings. The first-order valence-corrected chi connectivity index (χ1v) is 19.8. The molecule has 2 unspecified atom stereocenters. The van der Waals surface area contributed by atoms with Gasteiger partial charge in [-0.25, -0.2) is 0 Å². The van der Waals surface area contributed by atoms with Gasteiger partial charge in [-0.15, -0.1) is 0 Å². The van der Waals surface area contributed by atoms with Gasteiger partial charge in [-0.2, -0.15) is 0 Å². The first kappa shape index (κ1) is 40.9. The highest BCUT2D eigenvalue weighted by Crippen LogP contribution is 2.46. The van der Waals surface area contributed by atoms with Crippen LogP contribution in [-0.2, 0) is 4.74 Å². The summed E-state index contributed by atoms with van der Waals surface area (Å²) in [6, 6.07) is 0. The third-order valence-corrected chi connectivity index (χ3v) is 10.1. The monoisotopic (exact) mass is 611 g/mol. The molecule has 0 aromatic carbocycles. The molecule has 1 rings (SSSR count). The molecule has 1 heterocycles. The summed E-state index contributed by atoms with van der Waals surface area (Å²) in [5, 5.41) is 31.8. The minimum Gasteiger partial charge on any atom is -0.384 e. The van der Waals surface area contributed by atoms with Crippen LogP contribution in [0.15, 0.2) is 0 Å². The number of aliphatic hydroxyl groups is 3. The normalized spacial score (nSPS) is 18.5. The highest BCUT2D eigenvalue weighted by atomic mass is 16.8. The molecule has 4 heteroatoms. The van der Waals surface area contributed by atoms with E-state index in [1.54, 1.807) is 0 Å². The van der Waals surface area contributed by atoms with Gasteiger partial charge in [0.15, 0.2) is 0 Å². The fourth-order valence-corrected chi connectivity index (χ4v) is 6.89. The fraction of sp³-hybridized carbons (Fsp3) is 1.00. The second kappa shape index (κ2) is 28.1. The molecule has 2 atom stereocenters. The molecular weight excluding hydrogens is 532 g/mol. The third-order valence-electron chi connectivity index (χ3n) is 10.1. The number of epoxide rings is 1. The number of unbranched alkanes of at least 4 members (excludes halogenated alkanes) is 30. The third kappa shape index (κ3) is 21.3. The van der Waals surface area contributed by atoms with Crippen LogP contribution < -0.4 is 0 Å². The minimum absolute atomic E-state index is 0.512. The average molecular weight is 611 g/mol. The number of ether oxygens (including phenoxy) is 1. The zero-order chi connectivity index (χ0) is 31.3. The number of rotatable bonds is 35. The molecule has 0 aromatic heterocycles.